The van der Waals surface area contributed by atoms with Gasteiger partial charge in [-0.1, -0.05) is 56.3 Å². The van der Waals surface area contributed by atoms with Gasteiger partial charge in [0.05, 0.1) is 6.04 Å². The average Bonchev–Trinajstić information content (AvgIpc) is 3.37. The molecule has 0 unspecified atom stereocenters. The number of aryl methyl sites for hydroxylation is 2. The van der Waals surface area contributed by atoms with Crippen LogP contribution >= 0.6 is 0 Å². The van der Waals surface area contributed by atoms with Crippen LogP contribution in [0.25, 0.3) is 10.9 Å². The largest absolute Gasteiger partial charge is 0.361 e. The van der Waals surface area contributed by atoms with Crippen LogP contribution in [-0.2, 0) is 4.79 Å². The van der Waals surface area contributed by atoms with Crippen molar-refractivity contribution in [1.82, 2.24) is 9.88 Å². The number of hydrogen-bond donors (Lipinski definition) is 2. The van der Waals surface area contributed by atoms with Crippen LogP contribution in [0.3, 0.4) is 0 Å². The zero-order chi connectivity index (χ0) is 25.2. The molecule has 36 heavy (non-hydrogen) atoms. The van der Waals surface area contributed by atoms with Crippen molar-refractivity contribution in [2.24, 2.45) is 5.92 Å². The number of aromatic amines is 1. The highest BCUT2D eigenvalue weighted by molar-refractivity contribution is 5.92. The molecule has 1 aliphatic heterocycles. The van der Waals surface area contributed by atoms with E-state index in [1.165, 1.54) is 38.7 Å². The van der Waals surface area contributed by atoms with Crippen molar-refractivity contribution in [3.63, 3.8) is 0 Å². The molecule has 4 aromatic rings. The number of amides is 1. The molecule has 1 amide bonds. The smallest absolute Gasteiger partial charge is 0.226 e. The molecule has 1 atom stereocenters. The van der Waals surface area contributed by atoms with Crippen LogP contribution in [0.4, 0.5) is 5.69 Å². The number of aromatic nitrogens is 1. The monoisotopic (exact) mass is 479 g/mol. The predicted molar refractivity (Wildman–Crippen MR) is 150 cm³/mol. The minimum Gasteiger partial charge on any atom is -0.361 e. The molecule has 1 aromatic heterocycles. The Hall–Kier alpha value is -3.37. The third kappa shape index (κ3) is 4.96. The molecule has 1 aliphatic rings. The zero-order valence-corrected chi connectivity index (χ0v) is 21.8. The van der Waals surface area contributed by atoms with Crippen molar-refractivity contribution in [3.05, 3.63) is 101 Å². The lowest BCUT2D eigenvalue weighted by Crippen LogP contribution is -2.37. The Morgan fingerprint density at radius 3 is 2.47 bits per heavy atom. The van der Waals surface area contributed by atoms with E-state index in [0.29, 0.717) is 5.92 Å². The number of benzene rings is 3. The molecule has 3 aromatic carbocycles. The number of nitrogens with zero attached hydrogens (tertiary/aromatic N) is 1. The Balaban J connectivity index is 1.40. The summed E-state index contributed by atoms with van der Waals surface area (Å²) in [6.45, 7) is 10.3. The van der Waals surface area contributed by atoms with Gasteiger partial charge in [-0.3, -0.25) is 9.69 Å². The molecular weight excluding hydrogens is 442 g/mol. The highest BCUT2D eigenvalue weighted by Gasteiger charge is 2.29. The molecule has 5 rings (SSSR count). The van der Waals surface area contributed by atoms with Gasteiger partial charge < -0.3 is 10.3 Å². The normalized spacial score (nSPS) is 15.9. The van der Waals surface area contributed by atoms with Crippen molar-refractivity contribution >= 4 is 22.5 Å². The Morgan fingerprint density at radius 2 is 1.72 bits per heavy atom. The van der Waals surface area contributed by atoms with E-state index in [-0.39, 0.29) is 17.9 Å². The molecule has 0 saturated carbocycles. The molecule has 2 heterocycles. The number of hydrogen-bond acceptors (Lipinski definition) is 2. The van der Waals surface area contributed by atoms with E-state index in [1.54, 1.807) is 0 Å². The quantitative estimate of drug-likeness (QED) is 0.304. The number of carbonyl (C=O) groups excluding carboxylic acids is 1. The number of H-pyrrole nitrogens is 1. The Labute approximate surface area is 214 Å². The second-order valence-corrected chi connectivity index (χ2v) is 10.6. The minimum atomic E-state index is -0.0243. The number of carbonyl (C=O) groups is 1. The summed E-state index contributed by atoms with van der Waals surface area (Å²) in [6, 6.07) is 24.5. The second kappa shape index (κ2) is 10.3. The summed E-state index contributed by atoms with van der Waals surface area (Å²) in [6.07, 6.45) is 4.25. The summed E-state index contributed by atoms with van der Waals surface area (Å²) < 4.78 is 0. The standard InChI is InChI=1S/C32H37N3O/c1-21(2)32(36)34-27-8-5-7-25(20-27)24-14-17-35(18-15-24)31(26-12-11-22(3)23(4)19-26)29-9-6-10-30-28(29)13-16-33-30/h5-13,16,19-21,24,31,33H,14-15,17-18H2,1-4H3,(H,34,36)/t31-/m1/s1. The molecule has 0 bridgehead atoms. The maximum atomic E-state index is 12.2. The lowest BCUT2D eigenvalue weighted by Gasteiger charge is -2.39. The van der Waals surface area contributed by atoms with E-state index in [2.05, 4.69) is 89.7 Å². The van der Waals surface area contributed by atoms with Crippen molar-refractivity contribution in [2.45, 2.75) is 52.5 Å². The van der Waals surface area contributed by atoms with Gasteiger partial charge in [-0.15, -0.1) is 0 Å². The third-order valence-corrected chi connectivity index (χ3v) is 7.81. The number of anilines is 1. The lowest BCUT2D eigenvalue weighted by molar-refractivity contribution is -0.118. The van der Waals surface area contributed by atoms with Gasteiger partial charge in [0.1, 0.15) is 0 Å². The summed E-state index contributed by atoms with van der Waals surface area (Å²) in [5, 5.41) is 4.37. The molecule has 1 fully saturated rings. The second-order valence-electron chi connectivity index (χ2n) is 10.6. The van der Waals surface area contributed by atoms with Crippen LogP contribution < -0.4 is 5.32 Å². The molecule has 0 aliphatic carbocycles. The van der Waals surface area contributed by atoms with Crippen molar-refractivity contribution < 1.29 is 4.79 Å². The molecule has 4 heteroatoms. The van der Waals surface area contributed by atoms with E-state index in [9.17, 15) is 4.79 Å². The Bertz CT molecular complexity index is 1360. The summed E-state index contributed by atoms with van der Waals surface area (Å²) in [7, 11) is 0. The van der Waals surface area contributed by atoms with Gasteiger partial charge in [0.2, 0.25) is 5.91 Å². The first-order valence-electron chi connectivity index (χ1n) is 13.2. The first-order valence-corrected chi connectivity index (χ1v) is 13.2. The number of fused-ring (bicyclic) bond motifs is 1. The van der Waals surface area contributed by atoms with Gasteiger partial charge in [-0.25, -0.2) is 0 Å². The fourth-order valence-electron chi connectivity index (χ4n) is 5.52. The Kier molecular flexibility index (Phi) is 6.97. The van der Waals surface area contributed by atoms with Gasteiger partial charge in [0, 0.05) is 28.7 Å². The van der Waals surface area contributed by atoms with E-state index < -0.39 is 0 Å². The van der Waals surface area contributed by atoms with Crippen LogP contribution in [0.2, 0.25) is 0 Å². The zero-order valence-electron chi connectivity index (χ0n) is 21.8. The molecule has 0 spiro atoms. The van der Waals surface area contributed by atoms with Crippen molar-refractivity contribution in [3.8, 4) is 0 Å². The topological polar surface area (TPSA) is 48.1 Å². The number of likely N-dealkylation sites (tertiary alicyclic amines) is 1. The van der Waals surface area contributed by atoms with E-state index in [1.807, 2.05) is 26.1 Å². The third-order valence-electron chi connectivity index (χ3n) is 7.81. The van der Waals surface area contributed by atoms with Crippen LogP contribution in [-0.4, -0.2) is 28.9 Å². The Morgan fingerprint density at radius 1 is 0.944 bits per heavy atom. The lowest BCUT2D eigenvalue weighted by atomic mass is 9.86. The van der Waals surface area contributed by atoms with Gasteiger partial charge >= 0.3 is 0 Å². The van der Waals surface area contributed by atoms with Gasteiger partial charge in [0.25, 0.3) is 0 Å². The maximum Gasteiger partial charge on any atom is 0.226 e. The summed E-state index contributed by atoms with van der Waals surface area (Å²) in [5.74, 6) is 0.543. The number of nitrogens with one attached hydrogen (secondary N) is 2. The van der Waals surface area contributed by atoms with Gasteiger partial charge in [-0.05, 0) is 97.8 Å². The minimum absolute atomic E-state index is 0.0243. The van der Waals surface area contributed by atoms with E-state index >= 15 is 0 Å². The van der Waals surface area contributed by atoms with Crippen LogP contribution in [0.15, 0.2) is 72.9 Å². The first-order chi connectivity index (χ1) is 17.4. The predicted octanol–water partition coefficient (Wildman–Crippen LogP) is 7.35. The van der Waals surface area contributed by atoms with Crippen LogP contribution in [0.1, 0.15) is 66.5 Å². The fraction of sp³-hybridized carbons (Fsp3) is 0.344. The van der Waals surface area contributed by atoms with E-state index in [0.717, 1.165) is 31.6 Å². The summed E-state index contributed by atoms with van der Waals surface area (Å²) >= 11 is 0. The molecule has 186 valence electrons. The molecule has 0 radical (unpaired) electrons. The summed E-state index contributed by atoms with van der Waals surface area (Å²) in [4.78, 5) is 18.2. The van der Waals surface area contributed by atoms with E-state index in [4.69, 9.17) is 0 Å². The van der Waals surface area contributed by atoms with Gasteiger partial charge in [0.15, 0.2) is 0 Å². The van der Waals surface area contributed by atoms with Crippen molar-refractivity contribution in [2.75, 3.05) is 18.4 Å². The van der Waals surface area contributed by atoms with Crippen LogP contribution in [0, 0.1) is 19.8 Å². The molecule has 4 nitrogen and oxygen atoms in total. The SMILES string of the molecule is Cc1ccc([C@H](c2cccc3[nH]ccc23)N2CCC(c3cccc(NC(=O)C(C)C)c3)CC2)cc1C. The van der Waals surface area contributed by atoms with Gasteiger partial charge in [-0.2, -0.15) is 0 Å². The molecule has 1 saturated heterocycles. The summed E-state index contributed by atoms with van der Waals surface area (Å²) in [5.41, 5.74) is 8.83. The maximum absolute atomic E-state index is 12.2. The number of piperidine rings is 1. The van der Waals surface area contributed by atoms with Crippen LogP contribution in [0.5, 0.6) is 0 Å². The highest BCUT2D eigenvalue weighted by Crippen LogP contribution is 2.38. The molecular formula is C32H37N3O. The number of rotatable bonds is 6. The van der Waals surface area contributed by atoms with Crippen molar-refractivity contribution in [1.29, 1.82) is 0 Å². The average molecular weight is 480 g/mol. The first kappa shape index (κ1) is 24.3. The molecule has 2 N–H and O–H groups in total. The highest BCUT2D eigenvalue weighted by atomic mass is 16.1. The fourth-order valence-corrected chi connectivity index (χ4v) is 5.52.